The molecule has 1 saturated heterocycles. The molecular weight excluding hydrogens is 320 g/mol. The van der Waals surface area contributed by atoms with Crippen molar-refractivity contribution in [2.75, 3.05) is 0 Å². The maximum atomic E-state index is 6.59. The summed E-state index contributed by atoms with van der Waals surface area (Å²) in [4.78, 5) is 0. The van der Waals surface area contributed by atoms with Gasteiger partial charge in [-0.25, -0.2) is 0 Å². The van der Waals surface area contributed by atoms with Gasteiger partial charge in [0.2, 0.25) is 0 Å². The smallest absolute Gasteiger partial charge is 0.103 e. The second-order valence-corrected chi connectivity index (χ2v) is 9.83. The lowest BCUT2D eigenvalue weighted by molar-refractivity contribution is -0.0689. The minimum absolute atomic E-state index is 0.127. The van der Waals surface area contributed by atoms with Gasteiger partial charge in [0.1, 0.15) is 4.75 Å². The zero-order chi connectivity index (χ0) is 16.5. The third-order valence-electron chi connectivity index (χ3n) is 4.04. The molecule has 3 rings (SSSR count). The van der Waals surface area contributed by atoms with Crippen LogP contribution in [0.25, 0.3) is 0 Å². The molecule has 1 nitrogen and oxygen atoms in total. The maximum absolute atomic E-state index is 6.59. The van der Waals surface area contributed by atoms with Gasteiger partial charge >= 0.3 is 0 Å². The Bertz CT molecular complexity index is 594. The lowest BCUT2D eigenvalue weighted by Crippen LogP contribution is -2.44. The second-order valence-electron chi connectivity index (χ2n) is 7.00. The van der Waals surface area contributed by atoms with E-state index in [2.05, 4.69) is 88.4 Å². The molecule has 0 aliphatic carbocycles. The highest BCUT2D eigenvalue weighted by Crippen LogP contribution is 2.61. The fourth-order valence-corrected chi connectivity index (χ4v) is 6.74. The summed E-state index contributed by atoms with van der Waals surface area (Å²) < 4.78 is 6.43. The Balaban J connectivity index is 2.16. The number of ether oxygens (including phenoxy) is 1. The summed E-state index contributed by atoms with van der Waals surface area (Å²) in [5, 5.41) is 0.430. The van der Waals surface area contributed by atoms with Gasteiger partial charge in [-0.15, -0.1) is 0 Å². The summed E-state index contributed by atoms with van der Waals surface area (Å²) >= 11 is 0. The fourth-order valence-electron chi connectivity index (χ4n) is 3.10. The number of benzene rings is 2. The molecule has 2 aromatic rings. The van der Waals surface area contributed by atoms with Crippen molar-refractivity contribution in [1.29, 1.82) is 0 Å². The Morgan fingerprint density at radius 2 is 1.35 bits per heavy atom. The van der Waals surface area contributed by atoms with E-state index in [9.17, 15) is 0 Å². The molecule has 1 heterocycles. The van der Waals surface area contributed by atoms with Crippen molar-refractivity contribution in [2.24, 2.45) is 0 Å². The molecule has 0 saturated carbocycles. The first kappa shape index (κ1) is 16.9. The molecule has 0 spiro atoms. The monoisotopic (exact) mass is 344 g/mol. The minimum atomic E-state index is -0.167. The standard InChI is InChI=1S/C20H24OS2/c1-15-18(21-19(2,3)4)20(23-22-15,16-11-7-5-8-12-16)17-13-9-6-10-14-17/h5-15,18H,1-4H3. The molecular formula is C20H24OS2. The first-order chi connectivity index (χ1) is 10.9. The van der Waals surface area contributed by atoms with Crippen molar-refractivity contribution in [2.45, 2.75) is 49.4 Å². The summed E-state index contributed by atoms with van der Waals surface area (Å²) in [6.07, 6.45) is 0.127. The van der Waals surface area contributed by atoms with E-state index in [1.807, 2.05) is 21.6 Å². The zero-order valence-corrected chi connectivity index (χ0v) is 15.8. The molecule has 0 bridgehead atoms. The van der Waals surface area contributed by atoms with E-state index < -0.39 is 0 Å². The van der Waals surface area contributed by atoms with Crippen molar-refractivity contribution >= 4 is 21.6 Å². The van der Waals surface area contributed by atoms with E-state index >= 15 is 0 Å². The van der Waals surface area contributed by atoms with Gasteiger partial charge in [0.05, 0.1) is 11.7 Å². The minimum Gasteiger partial charge on any atom is -0.369 e. The topological polar surface area (TPSA) is 9.23 Å². The SMILES string of the molecule is CC1SSC(c2ccccc2)(c2ccccc2)C1OC(C)(C)C. The van der Waals surface area contributed by atoms with Crippen LogP contribution in [0.3, 0.4) is 0 Å². The van der Waals surface area contributed by atoms with Gasteiger partial charge in [-0.2, -0.15) is 0 Å². The molecule has 1 fully saturated rings. The Morgan fingerprint density at radius 3 is 1.78 bits per heavy atom. The van der Waals surface area contributed by atoms with Gasteiger partial charge in [0.15, 0.2) is 0 Å². The van der Waals surface area contributed by atoms with Gasteiger partial charge in [-0.1, -0.05) is 82.3 Å². The summed E-state index contributed by atoms with van der Waals surface area (Å²) in [6.45, 7) is 8.72. The van der Waals surface area contributed by atoms with E-state index in [1.165, 1.54) is 11.1 Å². The maximum Gasteiger partial charge on any atom is 0.103 e. The van der Waals surface area contributed by atoms with Crippen LogP contribution < -0.4 is 0 Å². The van der Waals surface area contributed by atoms with E-state index in [-0.39, 0.29) is 16.5 Å². The highest BCUT2D eigenvalue weighted by molar-refractivity contribution is 8.77. The Labute approximate surface area is 147 Å². The van der Waals surface area contributed by atoms with Crippen LogP contribution in [0.1, 0.15) is 38.8 Å². The third kappa shape index (κ3) is 3.33. The van der Waals surface area contributed by atoms with Crippen LogP contribution in [-0.2, 0) is 9.48 Å². The first-order valence-electron chi connectivity index (χ1n) is 8.07. The average Bonchev–Trinajstić information content (AvgIpc) is 2.86. The van der Waals surface area contributed by atoms with Crippen molar-refractivity contribution < 1.29 is 4.74 Å². The van der Waals surface area contributed by atoms with Crippen LogP contribution in [-0.4, -0.2) is 17.0 Å². The molecule has 1 aliphatic rings. The highest BCUT2D eigenvalue weighted by Gasteiger charge is 2.53. The molecule has 122 valence electrons. The number of rotatable bonds is 3. The van der Waals surface area contributed by atoms with Gasteiger partial charge in [0.25, 0.3) is 0 Å². The quantitative estimate of drug-likeness (QED) is 0.642. The van der Waals surface area contributed by atoms with Crippen LogP contribution in [0, 0.1) is 0 Å². The molecule has 23 heavy (non-hydrogen) atoms. The molecule has 0 N–H and O–H groups in total. The van der Waals surface area contributed by atoms with Crippen molar-refractivity contribution in [3.63, 3.8) is 0 Å². The number of hydrogen-bond acceptors (Lipinski definition) is 3. The molecule has 2 unspecified atom stereocenters. The van der Waals surface area contributed by atoms with E-state index in [0.717, 1.165) is 0 Å². The third-order valence-corrected chi connectivity index (χ3v) is 7.65. The van der Waals surface area contributed by atoms with Gasteiger partial charge < -0.3 is 4.74 Å². The number of hydrogen-bond donors (Lipinski definition) is 0. The van der Waals surface area contributed by atoms with Crippen LogP contribution in [0.15, 0.2) is 60.7 Å². The largest absolute Gasteiger partial charge is 0.369 e. The van der Waals surface area contributed by atoms with Crippen LogP contribution in [0.2, 0.25) is 0 Å². The van der Waals surface area contributed by atoms with Crippen LogP contribution in [0.4, 0.5) is 0 Å². The van der Waals surface area contributed by atoms with Gasteiger partial charge in [0, 0.05) is 5.25 Å². The normalized spacial score (nSPS) is 23.8. The molecule has 0 aromatic heterocycles. The Kier molecular flexibility index (Phi) is 4.82. The molecule has 1 aliphatic heterocycles. The van der Waals surface area contributed by atoms with Crippen molar-refractivity contribution in [3.8, 4) is 0 Å². The molecule has 0 radical (unpaired) electrons. The molecule has 0 amide bonds. The molecule has 2 atom stereocenters. The average molecular weight is 345 g/mol. The molecule has 2 aromatic carbocycles. The Morgan fingerprint density at radius 1 is 0.870 bits per heavy atom. The van der Waals surface area contributed by atoms with Gasteiger partial charge in [-0.05, 0) is 38.8 Å². The summed E-state index contributed by atoms with van der Waals surface area (Å²) in [5.74, 6) is 0. The summed E-state index contributed by atoms with van der Waals surface area (Å²) in [6, 6.07) is 21.6. The predicted octanol–water partition coefficient (Wildman–Crippen LogP) is 5.90. The summed E-state index contributed by atoms with van der Waals surface area (Å²) in [7, 11) is 3.88. The van der Waals surface area contributed by atoms with Crippen LogP contribution >= 0.6 is 21.6 Å². The van der Waals surface area contributed by atoms with Crippen molar-refractivity contribution in [3.05, 3.63) is 71.8 Å². The van der Waals surface area contributed by atoms with E-state index in [0.29, 0.717) is 5.25 Å². The van der Waals surface area contributed by atoms with Crippen LogP contribution in [0.5, 0.6) is 0 Å². The lowest BCUT2D eigenvalue weighted by Gasteiger charge is -2.39. The zero-order valence-electron chi connectivity index (χ0n) is 14.2. The van der Waals surface area contributed by atoms with Crippen molar-refractivity contribution in [1.82, 2.24) is 0 Å². The van der Waals surface area contributed by atoms with Gasteiger partial charge in [-0.3, -0.25) is 0 Å². The lowest BCUT2D eigenvalue weighted by atomic mass is 9.83. The first-order valence-corrected chi connectivity index (χ1v) is 10.3. The second kappa shape index (κ2) is 6.54. The van der Waals surface area contributed by atoms with E-state index in [1.54, 1.807) is 0 Å². The Hall–Kier alpha value is -0.900. The predicted molar refractivity (Wildman–Crippen MR) is 103 cm³/mol. The molecule has 3 heteroatoms. The highest BCUT2D eigenvalue weighted by atomic mass is 33.1. The van der Waals surface area contributed by atoms with E-state index in [4.69, 9.17) is 4.74 Å². The summed E-state index contributed by atoms with van der Waals surface area (Å²) in [5.41, 5.74) is 2.48. The fraction of sp³-hybridized carbons (Fsp3) is 0.400.